The lowest BCUT2D eigenvalue weighted by molar-refractivity contribution is 0.0907. The molecule has 1 N–H and O–H groups in total. The lowest BCUT2D eigenvalue weighted by Gasteiger charge is -2.22. The van der Waals surface area contributed by atoms with Crippen LogP contribution in [0, 0.1) is 0 Å². The van der Waals surface area contributed by atoms with Crippen molar-refractivity contribution in [3.8, 4) is 0 Å². The molecule has 2 aromatic heterocycles. The van der Waals surface area contributed by atoms with Crippen molar-refractivity contribution >= 4 is 29.1 Å². The van der Waals surface area contributed by atoms with Crippen LogP contribution in [0.3, 0.4) is 0 Å². The Balaban J connectivity index is 2.23. The normalized spacial score (nSPS) is 12.3. The molecule has 0 saturated carbocycles. The fourth-order valence-electron chi connectivity index (χ4n) is 1.77. The van der Waals surface area contributed by atoms with Crippen LogP contribution in [0.4, 0.5) is 0 Å². The van der Waals surface area contributed by atoms with Crippen LogP contribution in [0.25, 0.3) is 0 Å². The summed E-state index contributed by atoms with van der Waals surface area (Å²) in [6.07, 6.45) is 0. The van der Waals surface area contributed by atoms with E-state index in [0.717, 1.165) is 0 Å². The summed E-state index contributed by atoms with van der Waals surface area (Å²) in [6, 6.07) is 3.02. The lowest BCUT2D eigenvalue weighted by atomic mass is 9.97. The molecule has 1 amide bonds. The fourth-order valence-corrected chi connectivity index (χ4v) is 2.20. The molecule has 6 nitrogen and oxygen atoms in total. The minimum absolute atomic E-state index is 0.0364. The molecular formula is C15H18Cl2N4O2. The van der Waals surface area contributed by atoms with E-state index in [-0.39, 0.29) is 21.3 Å². The molecule has 0 spiro atoms. The Morgan fingerprint density at radius 1 is 1.13 bits per heavy atom. The summed E-state index contributed by atoms with van der Waals surface area (Å²) >= 11 is 11.7. The quantitative estimate of drug-likeness (QED) is 0.847. The summed E-state index contributed by atoms with van der Waals surface area (Å²) in [5, 5.41) is 7.05. The van der Waals surface area contributed by atoms with Gasteiger partial charge in [-0.3, -0.25) is 4.79 Å². The van der Waals surface area contributed by atoms with E-state index >= 15 is 0 Å². The number of aromatic nitrogens is 3. The van der Waals surface area contributed by atoms with Crippen molar-refractivity contribution in [3.05, 3.63) is 39.7 Å². The first-order valence-electron chi connectivity index (χ1n) is 7.00. The average molecular weight is 357 g/mol. The third-order valence-electron chi connectivity index (χ3n) is 3.11. The summed E-state index contributed by atoms with van der Waals surface area (Å²) in [4.78, 5) is 20.6. The molecule has 8 heteroatoms. The first kappa shape index (κ1) is 17.7. The van der Waals surface area contributed by atoms with Crippen LogP contribution < -0.4 is 5.32 Å². The number of carbonyl (C=O) groups excluding carboxylic acids is 1. The van der Waals surface area contributed by atoms with Gasteiger partial charge in [-0.05, 0) is 26.0 Å². The van der Waals surface area contributed by atoms with Crippen molar-refractivity contribution in [1.29, 1.82) is 0 Å². The number of hydrogen-bond donors (Lipinski definition) is 1. The van der Waals surface area contributed by atoms with Crippen molar-refractivity contribution in [3.63, 3.8) is 0 Å². The van der Waals surface area contributed by atoms with E-state index in [4.69, 9.17) is 27.7 Å². The topological polar surface area (TPSA) is 80.9 Å². The monoisotopic (exact) mass is 356 g/mol. The highest BCUT2D eigenvalue weighted by molar-refractivity contribution is 6.34. The van der Waals surface area contributed by atoms with E-state index in [1.807, 2.05) is 20.8 Å². The molecule has 0 radical (unpaired) electrons. The predicted molar refractivity (Wildman–Crippen MR) is 87.7 cm³/mol. The Hall–Kier alpha value is -1.66. The van der Waals surface area contributed by atoms with Crippen molar-refractivity contribution in [2.24, 2.45) is 0 Å². The van der Waals surface area contributed by atoms with Gasteiger partial charge in [0.05, 0.1) is 11.1 Å². The summed E-state index contributed by atoms with van der Waals surface area (Å²) < 4.78 is 5.27. The highest BCUT2D eigenvalue weighted by atomic mass is 35.5. The second kappa shape index (κ2) is 6.09. The number of rotatable bonds is 3. The minimum atomic E-state index is -0.840. The van der Waals surface area contributed by atoms with Gasteiger partial charge in [-0.2, -0.15) is 4.98 Å². The van der Waals surface area contributed by atoms with Crippen LogP contribution >= 0.6 is 23.2 Å². The maximum Gasteiger partial charge on any atom is 0.255 e. The number of amides is 1. The number of hydrogen-bond acceptors (Lipinski definition) is 5. The van der Waals surface area contributed by atoms with Gasteiger partial charge in [0.25, 0.3) is 5.91 Å². The molecule has 2 aromatic rings. The van der Waals surface area contributed by atoms with Crippen molar-refractivity contribution in [1.82, 2.24) is 20.4 Å². The molecule has 0 aliphatic carbocycles. The number of pyridine rings is 1. The van der Waals surface area contributed by atoms with Crippen LogP contribution in [0.15, 0.2) is 16.7 Å². The largest absolute Gasteiger partial charge is 0.340 e. The van der Waals surface area contributed by atoms with Crippen LogP contribution in [0.5, 0.6) is 0 Å². The third kappa shape index (κ3) is 4.00. The van der Waals surface area contributed by atoms with Crippen molar-refractivity contribution in [2.75, 3.05) is 0 Å². The molecule has 0 aliphatic heterocycles. The Kier molecular flexibility index (Phi) is 4.69. The second-order valence-corrected chi connectivity index (χ2v) is 7.47. The van der Waals surface area contributed by atoms with E-state index in [9.17, 15) is 4.79 Å². The van der Waals surface area contributed by atoms with Gasteiger partial charge in [0, 0.05) is 5.41 Å². The maximum absolute atomic E-state index is 12.4. The minimum Gasteiger partial charge on any atom is -0.340 e. The first-order chi connectivity index (χ1) is 10.5. The molecule has 23 heavy (non-hydrogen) atoms. The van der Waals surface area contributed by atoms with Gasteiger partial charge in [-0.1, -0.05) is 49.1 Å². The molecule has 0 aliphatic rings. The third-order valence-corrected chi connectivity index (χ3v) is 3.61. The van der Waals surface area contributed by atoms with Crippen LogP contribution in [0.2, 0.25) is 10.3 Å². The van der Waals surface area contributed by atoms with E-state index in [1.54, 1.807) is 13.8 Å². The van der Waals surface area contributed by atoms with Crippen molar-refractivity contribution < 1.29 is 9.32 Å². The van der Waals surface area contributed by atoms with Gasteiger partial charge in [-0.25, -0.2) is 4.98 Å². The molecule has 0 atom stereocenters. The van der Waals surface area contributed by atoms with E-state index in [1.165, 1.54) is 12.1 Å². The zero-order valence-electron chi connectivity index (χ0n) is 13.6. The Labute approximate surface area is 144 Å². The maximum atomic E-state index is 12.4. The Morgan fingerprint density at radius 2 is 1.78 bits per heavy atom. The van der Waals surface area contributed by atoms with E-state index in [0.29, 0.717) is 11.7 Å². The number of halogens is 2. The predicted octanol–water partition coefficient (Wildman–Crippen LogP) is 3.73. The molecule has 0 aromatic carbocycles. The molecule has 124 valence electrons. The smallest absolute Gasteiger partial charge is 0.255 e. The summed E-state index contributed by atoms with van der Waals surface area (Å²) in [7, 11) is 0. The summed E-state index contributed by atoms with van der Waals surface area (Å²) in [5.74, 6) is 0.487. The zero-order chi connectivity index (χ0) is 17.4. The molecule has 0 bridgehead atoms. The molecule has 2 rings (SSSR count). The van der Waals surface area contributed by atoms with Gasteiger partial charge < -0.3 is 9.84 Å². The van der Waals surface area contributed by atoms with E-state index < -0.39 is 11.4 Å². The van der Waals surface area contributed by atoms with Gasteiger partial charge in [-0.15, -0.1) is 0 Å². The lowest BCUT2D eigenvalue weighted by Crippen LogP contribution is -2.42. The van der Waals surface area contributed by atoms with Gasteiger partial charge in [0.15, 0.2) is 5.82 Å². The molecule has 2 heterocycles. The van der Waals surface area contributed by atoms with Crippen LogP contribution in [-0.2, 0) is 11.0 Å². The Morgan fingerprint density at radius 3 is 2.30 bits per heavy atom. The van der Waals surface area contributed by atoms with Gasteiger partial charge >= 0.3 is 0 Å². The van der Waals surface area contributed by atoms with Gasteiger partial charge in [0.1, 0.15) is 10.3 Å². The number of nitrogens with one attached hydrogen (secondary N) is 1. The second-order valence-electron chi connectivity index (χ2n) is 6.72. The van der Waals surface area contributed by atoms with Crippen LogP contribution in [-0.4, -0.2) is 21.0 Å². The first-order valence-corrected chi connectivity index (χ1v) is 7.75. The number of nitrogens with zero attached hydrogens (tertiary/aromatic N) is 3. The summed E-state index contributed by atoms with van der Waals surface area (Å²) in [6.45, 7) is 9.46. The fraction of sp³-hybridized carbons (Fsp3) is 0.467. The summed E-state index contributed by atoms with van der Waals surface area (Å²) in [5.41, 5.74) is -0.884. The highest BCUT2D eigenvalue weighted by Gasteiger charge is 2.32. The molecular weight excluding hydrogens is 339 g/mol. The molecule has 0 fully saturated rings. The van der Waals surface area contributed by atoms with Crippen LogP contribution in [0.1, 0.15) is 56.7 Å². The van der Waals surface area contributed by atoms with Gasteiger partial charge in [0.2, 0.25) is 5.89 Å². The SMILES string of the molecule is CC(C)(C)c1nc(C(C)(C)NC(=O)c2ccc(Cl)nc2Cl)no1. The highest BCUT2D eigenvalue weighted by Crippen LogP contribution is 2.25. The average Bonchev–Trinajstić information content (AvgIpc) is 2.87. The number of carbonyl (C=O) groups is 1. The molecule has 0 unspecified atom stereocenters. The molecule has 0 saturated heterocycles. The standard InChI is InChI=1S/C15H18Cl2N4O2/c1-14(2,3)13-19-12(21-23-13)15(4,5)20-11(22)8-6-7-9(16)18-10(8)17/h6-7H,1-5H3,(H,20,22). The van der Waals surface area contributed by atoms with Crippen molar-refractivity contribution in [2.45, 2.75) is 45.6 Å². The van der Waals surface area contributed by atoms with E-state index in [2.05, 4.69) is 20.4 Å². The zero-order valence-corrected chi connectivity index (χ0v) is 15.1. The Bertz CT molecular complexity index is 735.